The molecule has 0 aliphatic rings. The summed E-state index contributed by atoms with van der Waals surface area (Å²) in [5.74, 6) is 0. The Morgan fingerprint density at radius 1 is 1.38 bits per heavy atom. The lowest BCUT2D eigenvalue weighted by atomic mass is 10.0. The Balaban J connectivity index is 3.06. The normalized spacial score (nSPS) is 11.4. The molecule has 0 unspecified atom stereocenters. The predicted octanol–water partition coefficient (Wildman–Crippen LogP) is 3.84. The van der Waals surface area contributed by atoms with Crippen molar-refractivity contribution in [3.8, 4) is 0 Å². The fraction of sp³-hybridized carbons (Fsp3) is 0.231. The Morgan fingerprint density at radius 3 is 2.69 bits per heavy atom. The molecule has 0 nitrogen and oxygen atoms in total. The molecule has 0 amide bonds. The second-order valence-corrected chi connectivity index (χ2v) is 3.14. The molecule has 0 bridgehead atoms. The number of hydrogen-bond acceptors (Lipinski definition) is 0. The molecule has 0 saturated heterocycles. The number of allylic oxidation sites excluding steroid dienone is 2. The van der Waals surface area contributed by atoms with Crippen molar-refractivity contribution in [3.63, 3.8) is 0 Å². The summed E-state index contributed by atoms with van der Waals surface area (Å²) in [7, 11) is 0. The molecule has 13 heavy (non-hydrogen) atoms. The van der Waals surface area contributed by atoms with E-state index in [1.807, 2.05) is 6.08 Å². The maximum atomic E-state index is 3.74. The van der Waals surface area contributed by atoms with Crippen molar-refractivity contribution >= 4 is 6.08 Å². The van der Waals surface area contributed by atoms with Crippen LogP contribution >= 0.6 is 0 Å². The van der Waals surface area contributed by atoms with Crippen molar-refractivity contribution in [1.29, 1.82) is 0 Å². The van der Waals surface area contributed by atoms with Gasteiger partial charge in [0.1, 0.15) is 0 Å². The molecule has 0 fully saturated rings. The summed E-state index contributed by atoms with van der Waals surface area (Å²) in [6, 6.07) is 8.47. The van der Waals surface area contributed by atoms with Crippen LogP contribution in [0.5, 0.6) is 0 Å². The van der Waals surface area contributed by atoms with Gasteiger partial charge in [0, 0.05) is 0 Å². The highest BCUT2D eigenvalue weighted by Gasteiger charge is 1.95. The van der Waals surface area contributed by atoms with E-state index < -0.39 is 0 Å². The van der Waals surface area contributed by atoms with E-state index in [1.165, 1.54) is 16.7 Å². The summed E-state index contributed by atoms with van der Waals surface area (Å²) in [4.78, 5) is 0. The molecule has 0 heterocycles. The topological polar surface area (TPSA) is 0 Å². The van der Waals surface area contributed by atoms with Crippen molar-refractivity contribution < 1.29 is 0 Å². The monoisotopic (exact) mass is 172 g/mol. The molecule has 0 spiro atoms. The SMILES string of the molecule is C=C/C(C)=C/c1ccccc1CC. The van der Waals surface area contributed by atoms with Gasteiger partial charge in [-0.2, -0.15) is 0 Å². The Labute approximate surface area is 80.6 Å². The predicted molar refractivity (Wildman–Crippen MR) is 59.7 cm³/mol. The Morgan fingerprint density at radius 2 is 2.08 bits per heavy atom. The molecule has 0 aromatic heterocycles. The minimum atomic E-state index is 1.08. The van der Waals surface area contributed by atoms with Gasteiger partial charge in [0.25, 0.3) is 0 Å². The van der Waals surface area contributed by atoms with Crippen LogP contribution < -0.4 is 0 Å². The average Bonchev–Trinajstić information content (AvgIpc) is 2.18. The largest absolute Gasteiger partial charge is 0.0988 e. The standard InChI is InChI=1S/C13H16/c1-4-11(3)10-13-9-7-6-8-12(13)5-2/h4,6-10H,1,5H2,2-3H3/b11-10+. The Hall–Kier alpha value is -1.30. The molecule has 68 valence electrons. The van der Waals surface area contributed by atoms with Gasteiger partial charge in [0.2, 0.25) is 0 Å². The summed E-state index contributed by atoms with van der Waals surface area (Å²) in [6.07, 6.45) is 5.13. The lowest BCUT2D eigenvalue weighted by Crippen LogP contribution is -1.85. The summed E-state index contributed by atoms with van der Waals surface area (Å²) in [5.41, 5.74) is 3.91. The fourth-order valence-electron chi connectivity index (χ4n) is 1.30. The molecule has 0 atom stereocenters. The van der Waals surface area contributed by atoms with Crippen LogP contribution in [0.2, 0.25) is 0 Å². The fourth-order valence-corrected chi connectivity index (χ4v) is 1.30. The maximum absolute atomic E-state index is 3.74. The van der Waals surface area contributed by atoms with E-state index in [0.29, 0.717) is 0 Å². The van der Waals surface area contributed by atoms with Gasteiger partial charge in [-0.05, 0) is 24.5 Å². The molecule has 0 N–H and O–H groups in total. The minimum Gasteiger partial charge on any atom is -0.0988 e. The van der Waals surface area contributed by atoms with Gasteiger partial charge in [0.15, 0.2) is 0 Å². The van der Waals surface area contributed by atoms with Crippen molar-refractivity contribution in [2.75, 3.05) is 0 Å². The van der Waals surface area contributed by atoms with Crippen LogP contribution in [-0.2, 0) is 6.42 Å². The molecular formula is C13H16. The third-order valence-electron chi connectivity index (χ3n) is 2.14. The second-order valence-electron chi connectivity index (χ2n) is 3.14. The van der Waals surface area contributed by atoms with Gasteiger partial charge in [0.05, 0.1) is 0 Å². The zero-order valence-corrected chi connectivity index (χ0v) is 8.38. The van der Waals surface area contributed by atoms with Crippen molar-refractivity contribution in [3.05, 3.63) is 53.6 Å². The third kappa shape index (κ3) is 2.59. The minimum absolute atomic E-state index is 1.08. The van der Waals surface area contributed by atoms with E-state index in [9.17, 15) is 0 Å². The van der Waals surface area contributed by atoms with Crippen LogP contribution in [0.25, 0.3) is 6.08 Å². The number of aryl methyl sites for hydroxylation is 1. The highest BCUT2D eigenvalue weighted by Crippen LogP contribution is 2.13. The van der Waals surface area contributed by atoms with Gasteiger partial charge >= 0.3 is 0 Å². The molecule has 0 heteroatoms. The van der Waals surface area contributed by atoms with E-state index in [2.05, 4.69) is 50.8 Å². The lowest BCUT2D eigenvalue weighted by molar-refractivity contribution is 1.13. The van der Waals surface area contributed by atoms with Crippen LogP contribution in [0.15, 0.2) is 42.5 Å². The average molecular weight is 172 g/mol. The summed E-state index contributed by atoms with van der Waals surface area (Å²) < 4.78 is 0. The van der Waals surface area contributed by atoms with Gasteiger partial charge in [-0.1, -0.05) is 55.5 Å². The highest BCUT2D eigenvalue weighted by molar-refractivity contribution is 5.58. The maximum Gasteiger partial charge on any atom is -0.0222 e. The number of benzene rings is 1. The Bertz CT molecular complexity index is 319. The molecule has 1 aromatic rings. The second kappa shape index (κ2) is 4.66. The van der Waals surface area contributed by atoms with Crippen LogP contribution in [0.3, 0.4) is 0 Å². The molecule has 0 saturated carbocycles. The smallest absolute Gasteiger partial charge is 0.0222 e. The molecular weight excluding hydrogens is 156 g/mol. The molecule has 1 rings (SSSR count). The van der Waals surface area contributed by atoms with Gasteiger partial charge < -0.3 is 0 Å². The Kier molecular flexibility index (Phi) is 3.51. The number of hydrogen-bond donors (Lipinski definition) is 0. The van der Waals surface area contributed by atoms with E-state index in [-0.39, 0.29) is 0 Å². The first-order chi connectivity index (χ1) is 6.27. The van der Waals surface area contributed by atoms with Crippen molar-refractivity contribution in [2.45, 2.75) is 20.3 Å². The van der Waals surface area contributed by atoms with Crippen molar-refractivity contribution in [1.82, 2.24) is 0 Å². The van der Waals surface area contributed by atoms with E-state index in [4.69, 9.17) is 0 Å². The first-order valence-corrected chi connectivity index (χ1v) is 4.66. The van der Waals surface area contributed by atoms with Crippen LogP contribution in [0, 0.1) is 0 Å². The van der Waals surface area contributed by atoms with Crippen LogP contribution in [-0.4, -0.2) is 0 Å². The van der Waals surface area contributed by atoms with Crippen LogP contribution in [0.1, 0.15) is 25.0 Å². The van der Waals surface area contributed by atoms with Crippen LogP contribution in [0.4, 0.5) is 0 Å². The lowest BCUT2D eigenvalue weighted by Gasteiger charge is -2.02. The quantitative estimate of drug-likeness (QED) is 0.608. The molecule has 0 radical (unpaired) electrons. The molecule has 0 aliphatic heterocycles. The summed E-state index contributed by atoms with van der Waals surface area (Å²) >= 11 is 0. The highest BCUT2D eigenvalue weighted by atomic mass is 14.0. The zero-order chi connectivity index (χ0) is 9.68. The third-order valence-corrected chi connectivity index (χ3v) is 2.14. The molecule has 0 aliphatic carbocycles. The first-order valence-electron chi connectivity index (χ1n) is 4.66. The van der Waals surface area contributed by atoms with E-state index in [1.54, 1.807) is 0 Å². The van der Waals surface area contributed by atoms with Gasteiger partial charge in [-0.3, -0.25) is 0 Å². The number of rotatable bonds is 3. The first kappa shape index (κ1) is 9.79. The van der Waals surface area contributed by atoms with Gasteiger partial charge in [-0.25, -0.2) is 0 Å². The van der Waals surface area contributed by atoms with Crippen molar-refractivity contribution in [2.24, 2.45) is 0 Å². The zero-order valence-electron chi connectivity index (χ0n) is 8.38. The summed E-state index contributed by atoms with van der Waals surface area (Å²) in [5, 5.41) is 0. The van der Waals surface area contributed by atoms with E-state index in [0.717, 1.165) is 6.42 Å². The molecule has 1 aromatic carbocycles. The van der Waals surface area contributed by atoms with Gasteiger partial charge in [-0.15, -0.1) is 0 Å². The van der Waals surface area contributed by atoms with E-state index >= 15 is 0 Å². The summed E-state index contributed by atoms with van der Waals surface area (Å²) in [6.45, 7) is 7.99.